The van der Waals surface area contributed by atoms with Crippen LogP contribution in [-0.2, 0) is 22.9 Å². The zero-order valence-corrected chi connectivity index (χ0v) is 21.0. The van der Waals surface area contributed by atoms with Crippen LogP contribution in [-0.4, -0.2) is 70.3 Å². The Kier molecular flexibility index (Phi) is 10.3. The number of methoxy groups -OCH3 is 1. The molecule has 0 aromatic heterocycles. The van der Waals surface area contributed by atoms with E-state index < -0.39 is 25.0 Å². The van der Waals surface area contributed by atoms with Crippen LogP contribution < -0.4 is 0 Å². The second-order valence-electron chi connectivity index (χ2n) is 9.02. The van der Waals surface area contributed by atoms with Crippen LogP contribution in [0.3, 0.4) is 0 Å². The smallest absolute Gasteiger partial charge is 0.184 e. The van der Waals surface area contributed by atoms with Crippen molar-refractivity contribution in [1.29, 1.82) is 0 Å². The first kappa shape index (κ1) is 25.0. The summed E-state index contributed by atoms with van der Waals surface area (Å²) in [6, 6.07) is 0. The summed E-state index contributed by atoms with van der Waals surface area (Å²) < 4.78 is 24.7. The van der Waals surface area contributed by atoms with Gasteiger partial charge in [-0.05, 0) is 58.9 Å². The lowest BCUT2D eigenvalue weighted by molar-refractivity contribution is -0.0612. The molecule has 25 heavy (non-hydrogen) atoms. The Morgan fingerprint density at radius 3 is 1.68 bits per heavy atom. The van der Waals surface area contributed by atoms with Gasteiger partial charge in [0.25, 0.3) is 0 Å². The van der Waals surface area contributed by atoms with Crippen molar-refractivity contribution in [2.75, 3.05) is 20.8 Å². The van der Waals surface area contributed by atoms with Gasteiger partial charge in [0.2, 0.25) is 0 Å². The number of hydrogen-bond donors (Lipinski definition) is 0. The summed E-state index contributed by atoms with van der Waals surface area (Å²) >= 11 is 0. The summed E-state index contributed by atoms with van der Waals surface area (Å²) in [7, 11) is -2.08. The van der Waals surface area contributed by atoms with E-state index in [4.69, 9.17) is 22.9 Å². The third kappa shape index (κ3) is 12.9. The molecule has 9 heteroatoms. The van der Waals surface area contributed by atoms with Crippen molar-refractivity contribution in [3.05, 3.63) is 0 Å². The molecule has 0 aliphatic carbocycles. The standard InChI is InChI=1S/C16H39NO5Si3/c1-18-16(14(12-17-19-2)21-24(6,7)8)15(22-25(9,10)11)13-20-23(3,4)5/h12,14-16H,13H2,1-11H3/b17-12-/t14-,15+,16-/m0/s1. The average molecular weight is 410 g/mol. The summed E-state index contributed by atoms with van der Waals surface area (Å²) in [4.78, 5) is 4.87. The number of oxime groups is 1. The summed E-state index contributed by atoms with van der Waals surface area (Å²) in [5.41, 5.74) is 0. The molecule has 0 saturated heterocycles. The van der Waals surface area contributed by atoms with Gasteiger partial charge in [-0.2, -0.15) is 0 Å². The molecule has 0 N–H and O–H groups in total. The molecule has 0 bridgehead atoms. The van der Waals surface area contributed by atoms with Crippen molar-refractivity contribution in [3.8, 4) is 0 Å². The highest BCUT2D eigenvalue weighted by Gasteiger charge is 2.37. The van der Waals surface area contributed by atoms with Crippen LogP contribution in [0.5, 0.6) is 0 Å². The van der Waals surface area contributed by atoms with Crippen LogP contribution in [0, 0.1) is 0 Å². The minimum atomic E-state index is -1.82. The zero-order chi connectivity index (χ0) is 19.9. The number of hydrogen-bond acceptors (Lipinski definition) is 6. The Labute approximate surface area is 157 Å². The normalized spacial score (nSPS) is 17.6. The molecule has 0 aliphatic heterocycles. The van der Waals surface area contributed by atoms with Crippen LogP contribution in [0.25, 0.3) is 0 Å². The lowest BCUT2D eigenvalue weighted by atomic mass is 10.1. The van der Waals surface area contributed by atoms with Gasteiger partial charge in [-0.1, -0.05) is 5.16 Å². The lowest BCUT2D eigenvalue weighted by Gasteiger charge is -2.37. The van der Waals surface area contributed by atoms with E-state index in [1.54, 1.807) is 13.3 Å². The molecule has 0 fully saturated rings. The van der Waals surface area contributed by atoms with Crippen LogP contribution in [0.2, 0.25) is 58.9 Å². The quantitative estimate of drug-likeness (QED) is 0.278. The molecule has 0 saturated carbocycles. The zero-order valence-electron chi connectivity index (χ0n) is 18.0. The van der Waals surface area contributed by atoms with Crippen LogP contribution in [0.4, 0.5) is 0 Å². The second kappa shape index (κ2) is 10.3. The molecule has 0 aromatic carbocycles. The van der Waals surface area contributed by atoms with E-state index >= 15 is 0 Å². The van der Waals surface area contributed by atoms with E-state index in [1.165, 1.54) is 7.11 Å². The topological polar surface area (TPSA) is 58.5 Å². The largest absolute Gasteiger partial charge is 0.415 e. The third-order valence-electron chi connectivity index (χ3n) is 2.95. The van der Waals surface area contributed by atoms with Gasteiger partial charge < -0.3 is 22.9 Å². The van der Waals surface area contributed by atoms with Crippen molar-refractivity contribution in [3.63, 3.8) is 0 Å². The van der Waals surface area contributed by atoms with Crippen LogP contribution in [0.15, 0.2) is 5.16 Å². The number of rotatable bonds is 12. The van der Waals surface area contributed by atoms with Gasteiger partial charge in [0.1, 0.15) is 19.3 Å². The molecular formula is C16H39NO5Si3. The van der Waals surface area contributed by atoms with Gasteiger partial charge in [-0.25, -0.2) is 0 Å². The average Bonchev–Trinajstić information content (AvgIpc) is 2.38. The monoisotopic (exact) mass is 409 g/mol. The molecular weight excluding hydrogens is 370 g/mol. The van der Waals surface area contributed by atoms with Gasteiger partial charge in [0.05, 0.1) is 18.9 Å². The van der Waals surface area contributed by atoms with Crippen molar-refractivity contribution in [1.82, 2.24) is 0 Å². The van der Waals surface area contributed by atoms with Crippen LogP contribution in [0.1, 0.15) is 0 Å². The Bertz CT molecular complexity index is 402. The first-order chi connectivity index (χ1) is 11.2. The maximum atomic E-state index is 6.41. The highest BCUT2D eigenvalue weighted by atomic mass is 28.4. The van der Waals surface area contributed by atoms with Crippen LogP contribution >= 0.6 is 0 Å². The molecule has 3 atom stereocenters. The molecule has 0 amide bonds. The predicted octanol–water partition coefficient (Wildman–Crippen LogP) is 3.93. The summed E-state index contributed by atoms with van der Waals surface area (Å²) in [5, 5.41) is 3.93. The van der Waals surface area contributed by atoms with E-state index in [9.17, 15) is 0 Å². The van der Waals surface area contributed by atoms with E-state index in [0.717, 1.165) is 0 Å². The van der Waals surface area contributed by atoms with Gasteiger partial charge >= 0.3 is 0 Å². The van der Waals surface area contributed by atoms with Gasteiger partial charge in [-0.3, -0.25) is 0 Å². The molecule has 150 valence electrons. The van der Waals surface area contributed by atoms with Crippen molar-refractivity contribution >= 4 is 31.2 Å². The van der Waals surface area contributed by atoms with E-state index in [1.807, 2.05) is 0 Å². The van der Waals surface area contributed by atoms with Crippen molar-refractivity contribution in [2.45, 2.75) is 77.2 Å². The number of ether oxygens (including phenoxy) is 1. The number of nitrogens with zero attached hydrogens (tertiary/aromatic N) is 1. The Balaban J connectivity index is 5.53. The molecule has 0 aromatic rings. The first-order valence-electron chi connectivity index (χ1n) is 8.77. The predicted molar refractivity (Wildman–Crippen MR) is 112 cm³/mol. The van der Waals surface area contributed by atoms with Gasteiger partial charge in [0, 0.05) is 7.11 Å². The lowest BCUT2D eigenvalue weighted by Crippen LogP contribution is -2.52. The van der Waals surface area contributed by atoms with E-state index in [2.05, 4.69) is 64.1 Å². The summed E-state index contributed by atoms with van der Waals surface area (Å²) in [6.45, 7) is 19.9. The minimum Gasteiger partial charge on any atom is -0.415 e. The Hall–Kier alpha value is -0.0394. The second-order valence-corrected chi connectivity index (χ2v) is 22.5. The molecule has 6 nitrogen and oxygen atoms in total. The highest BCUT2D eigenvalue weighted by Crippen LogP contribution is 2.20. The van der Waals surface area contributed by atoms with Gasteiger partial charge in [-0.15, -0.1) is 0 Å². The van der Waals surface area contributed by atoms with E-state index in [-0.39, 0.29) is 18.3 Å². The van der Waals surface area contributed by atoms with E-state index in [0.29, 0.717) is 6.61 Å². The third-order valence-corrected chi connectivity index (χ3v) is 5.97. The Morgan fingerprint density at radius 1 is 0.800 bits per heavy atom. The molecule has 0 spiro atoms. The maximum absolute atomic E-state index is 6.41. The van der Waals surface area contributed by atoms with Gasteiger partial charge in [0.15, 0.2) is 25.0 Å². The molecule has 0 aliphatic rings. The Morgan fingerprint density at radius 2 is 1.32 bits per heavy atom. The molecule has 0 unspecified atom stereocenters. The molecule has 0 heterocycles. The highest BCUT2D eigenvalue weighted by molar-refractivity contribution is 6.70. The minimum absolute atomic E-state index is 0.215. The molecule has 0 rings (SSSR count). The fourth-order valence-corrected chi connectivity index (χ4v) is 4.98. The fraction of sp³-hybridized carbons (Fsp3) is 0.938. The van der Waals surface area contributed by atoms with Crippen molar-refractivity contribution in [2.24, 2.45) is 5.16 Å². The SMILES string of the molecule is CO/N=C\[C@H](O[Si](C)(C)C)[C@H](OC)[C@@H](CO[Si](C)(C)C)O[Si](C)(C)C. The fourth-order valence-electron chi connectivity index (χ4n) is 2.19. The van der Waals surface area contributed by atoms with Crippen molar-refractivity contribution < 1.29 is 22.9 Å². The molecule has 0 radical (unpaired) electrons. The maximum Gasteiger partial charge on any atom is 0.184 e. The summed E-state index contributed by atoms with van der Waals surface area (Å²) in [5.74, 6) is 0. The first-order valence-corrected chi connectivity index (χ1v) is 19.0. The summed E-state index contributed by atoms with van der Waals surface area (Å²) in [6.07, 6.45) is 0.798.